The van der Waals surface area contributed by atoms with Gasteiger partial charge in [0.2, 0.25) is 11.7 Å². The molecule has 3 aromatic heterocycles. The van der Waals surface area contributed by atoms with Gasteiger partial charge in [0, 0.05) is 11.6 Å². The Kier molecular flexibility index (Phi) is 2.86. The Balaban J connectivity index is 2.25. The number of hydrogen-bond acceptors (Lipinski definition) is 6. The maximum Gasteiger partial charge on any atom is 0.254 e. The molecule has 0 aliphatic rings. The zero-order valence-electron chi connectivity index (χ0n) is 10.4. The van der Waals surface area contributed by atoms with Crippen molar-refractivity contribution in [2.24, 2.45) is 0 Å². The van der Waals surface area contributed by atoms with Gasteiger partial charge in [-0.3, -0.25) is 4.98 Å². The van der Waals surface area contributed by atoms with Crippen molar-refractivity contribution in [2.75, 3.05) is 7.11 Å². The third-order valence-corrected chi connectivity index (χ3v) is 2.76. The number of fused-ring (bicyclic) bond motifs is 1. The van der Waals surface area contributed by atoms with Crippen LogP contribution in [0.5, 0.6) is 11.8 Å². The fraction of sp³-hybridized carbons (Fsp3) is 0.0769. The number of hydrogen-bond donors (Lipinski definition) is 1. The van der Waals surface area contributed by atoms with Crippen molar-refractivity contribution >= 4 is 10.9 Å². The molecular formula is C13H9FN4O2. The summed E-state index contributed by atoms with van der Waals surface area (Å²) in [5, 5.41) is 10.5. The van der Waals surface area contributed by atoms with E-state index in [1.54, 1.807) is 18.2 Å². The summed E-state index contributed by atoms with van der Waals surface area (Å²) in [6.07, 6.45) is 2.71. The van der Waals surface area contributed by atoms with Crippen LogP contribution in [0.3, 0.4) is 0 Å². The van der Waals surface area contributed by atoms with Gasteiger partial charge < -0.3 is 9.84 Å². The molecule has 3 heterocycles. The van der Waals surface area contributed by atoms with Crippen molar-refractivity contribution in [1.82, 2.24) is 19.9 Å². The smallest absolute Gasteiger partial charge is 0.254 e. The number of nitrogens with zero attached hydrogens (tertiary/aromatic N) is 4. The number of methoxy groups -OCH3 is 1. The van der Waals surface area contributed by atoms with Crippen molar-refractivity contribution in [3.8, 4) is 23.1 Å². The third-order valence-electron chi connectivity index (χ3n) is 2.76. The lowest BCUT2D eigenvalue weighted by Gasteiger charge is -2.06. The maximum absolute atomic E-state index is 14.1. The highest BCUT2D eigenvalue weighted by Crippen LogP contribution is 2.29. The minimum absolute atomic E-state index is 0.0436. The van der Waals surface area contributed by atoms with Crippen LogP contribution < -0.4 is 4.74 Å². The Labute approximate surface area is 112 Å². The fourth-order valence-electron chi connectivity index (χ4n) is 1.86. The van der Waals surface area contributed by atoms with Gasteiger partial charge >= 0.3 is 0 Å². The van der Waals surface area contributed by atoms with Crippen LogP contribution >= 0.6 is 0 Å². The lowest BCUT2D eigenvalue weighted by Crippen LogP contribution is -1.99. The van der Waals surface area contributed by atoms with Crippen LogP contribution in [-0.2, 0) is 0 Å². The lowest BCUT2D eigenvalue weighted by atomic mass is 10.2. The summed E-state index contributed by atoms with van der Waals surface area (Å²) < 4.78 is 18.9. The van der Waals surface area contributed by atoms with E-state index in [0.29, 0.717) is 10.9 Å². The predicted octanol–water partition coefficient (Wildman–Crippen LogP) is 1.94. The molecule has 0 aliphatic carbocycles. The highest BCUT2D eigenvalue weighted by molar-refractivity contribution is 5.85. The Bertz CT molecular complexity index is 794. The Hall–Kier alpha value is -2.83. The monoisotopic (exact) mass is 272 g/mol. The molecule has 3 rings (SSSR count). The van der Waals surface area contributed by atoms with E-state index in [-0.39, 0.29) is 23.1 Å². The van der Waals surface area contributed by atoms with E-state index in [4.69, 9.17) is 4.74 Å². The first-order chi connectivity index (χ1) is 9.70. The molecule has 100 valence electrons. The van der Waals surface area contributed by atoms with Crippen molar-refractivity contribution in [2.45, 2.75) is 0 Å². The number of aromatic nitrogens is 4. The van der Waals surface area contributed by atoms with Crippen LogP contribution in [0.25, 0.3) is 22.3 Å². The van der Waals surface area contributed by atoms with E-state index in [9.17, 15) is 9.50 Å². The molecule has 7 heteroatoms. The SMILES string of the molecule is COc1ncnc(-c2cc3cccnc3c(O)n2)c1F. The van der Waals surface area contributed by atoms with Crippen molar-refractivity contribution < 1.29 is 14.2 Å². The van der Waals surface area contributed by atoms with E-state index >= 15 is 0 Å². The van der Waals surface area contributed by atoms with Gasteiger partial charge in [-0.15, -0.1) is 0 Å². The first-order valence-electron chi connectivity index (χ1n) is 5.70. The van der Waals surface area contributed by atoms with E-state index in [2.05, 4.69) is 19.9 Å². The Morgan fingerprint density at radius 1 is 1.25 bits per heavy atom. The summed E-state index contributed by atoms with van der Waals surface area (Å²) in [5.74, 6) is -1.19. The summed E-state index contributed by atoms with van der Waals surface area (Å²) in [5.41, 5.74) is 0.483. The summed E-state index contributed by atoms with van der Waals surface area (Å²) in [7, 11) is 1.31. The average molecular weight is 272 g/mol. The van der Waals surface area contributed by atoms with E-state index in [1.807, 2.05) is 0 Å². The number of pyridine rings is 2. The van der Waals surface area contributed by atoms with E-state index in [0.717, 1.165) is 0 Å². The van der Waals surface area contributed by atoms with Gasteiger partial charge in [0.25, 0.3) is 5.88 Å². The standard InChI is InChI=1S/C13H9FN4O2/c1-20-13-9(14)11(16-6-17-13)8-5-7-3-2-4-15-10(7)12(19)18-8/h2-6H,1H3,(H,18,19). The van der Waals surface area contributed by atoms with Gasteiger partial charge in [-0.25, -0.2) is 9.97 Å². The van der Waals surface area contributed by atoms with Crippen LogP contribution in [0.4, 0.5) is 4.39 Å². The van der Waals surface area contributed by atoms with E-state index in [1.165, 1.54) is 19.6 Å². The molecule has 0 aliphatic heterocycles. The number of rotatable bonds is 2. The first kappa shape index (κ1) is 12.2. The fourth-order valence-corrected chi connectivity index (χ4v) is 1.86. The van der Waals surface area contributed by atoms with Crippen molar-refractivity contribution in [3.05, 3.63) is 36.5 Å². The lowest BCUT2D eigenvalue weighted by molar-refractivity contribution is 0.368. The third kappa shape index (κ3) is 1.89. The molecule has 0 atom stereocenters. The molecule has 0 amide bonds. The molecule has 1 N–H and O–H groups in total. The summed E-state index contributed by atoms with van der Waals surface area (Å²) in [6.45, 7) is 0. The minimum atomic E-state index is -0.731. The molecule has 0 saturated carbocycles. The van der Waals surface area contributed by atoms with Gasteiger partial charge in [-0.2, -0.15) is 9.37 Å². The molecule has 0 aromatic carbocycles. The van der Waals surface area contributed by atoms with Gasteiger partial charge in [0.1, 0.15) is 17.5 Å². The molecule has 6 nitrogen and oxygen atoms in total. The second-order valence-corrected chi connectivity index (χ2v) is 3.95. The van der Waals surface area contributed by atoms with Crippen LogP contribution in [0, 0.1) is 5.82 Å². The zero-order valence-corrected chi connectivity index (χ0v) is 10.4. The maximum atomic E-state index is 14.1. The quantitative estimate of drug-likeness (QED) is 0.767. The topological polar surface area (TPSA) is 81.0 Å². The largest absolute Gasteiger partial charge is 0.492 e. The highest BCUT2D eigenvalue weighted by atomic mass is 19.1. The number of ether oxygens (including phenoxy) is 1. The van der Waals surface area contributed by atoms with Gasteiger partial charge in [0.05, 0.1) is 12.8 Å². The molecular weight excluding hydrogens is 263 g/mol. The van der Waals surface area contributed by atoms with Crippen molar-refractivity contribution in [1.29, 1.82) is 0 Å². The molecule has 3 aromatic rings. The van der Waals surface area contributed by atoms with Gasteiger partial charge in [0.15, 0.2) is 0 Å². The van der Waals surface area contributed by atoms with Crippen LogP contribution in [-0.4, -0.2) is 32.2 Å². The summed E-state index contributed by atoms with van der Waals surface area (Å²) >= 11 is 0. The number of aromatic hydroxyl groups is 1. The Morgan fingerprint density at radius 3 is 2.90 bits per heavy atom. The predicted molar refractivity (Wildman–Crippen MR) is 68.7 cm³/mol. The van der Waals surface area contributed by atoms with Crippen LogP contribution in [0.15, 0.2) is 30.7 Å². The average Bonchev–Trinajstić information content (AvgIpc) is 2.47. The molecule has 0 spiro atoms. The molecule has 0 unspecified atom stereocenters. The highest BCUT2D eigenvalue weighted by Gasteiger charge is 2.16. The molecule has 0 bridgehead atoms. The normalized spacial score (nSPS) is 10.7. The van der Waals surface area contributed by atoms with Crippen LogP contribution in [0.1, 0.15) is 0 Å². The van der Waals surface area contributed by atoms with Gasteiger partial charge in [-0.05, 0) is 12.1 Å². The Morgan fingerprint density at radius 2 is 2.10 bits per heavy atom. The molecule has 0 saturated heterocycles. The molecule has 0 radical (unpaired) electrons. The zero-order chi connectivity index (χ0) is 14.1. The molecule has 20 heavy (non-hydrogen) atoms. The van der Waals surface area contributed by atoms with Crippen LogP contribution in [0.2, 0.25) is 0 Å². The van der Waals surface area contributed by atoms with E-state index < -0.39 is 5.82 Å². The van der Waals surface area contributed by atoms with Crippen molar-refractivity contribution in [3.63, 3.8) is 0 Å². The van der Waals surface area contributed by atoms with Gasteiger partial charge in [-0.1, -0.05) is 6.07 Å². The summed E-state index contributed by atoms with van der Waals surface area (Å²) in [4.78, 5) is 15.4. The first-order valence-corrected chi connectivity index (χ1v) is 5.70. The molecule has 0 fully saturated rings. The minimum Gasteiger partial charge on any atom is -0.492 e. The second kappa shape index (κ2) is 4.69. The second-order valence-electron chi connectivity index (χ2n) is 3.95. The number of halogens is 1. The summed E-state index contributed by atoms with van der Waals surface area (Å²) in [6, 6.07) is 5.04.